The van der Waals surface area contributed by atoms with Gasteiger partial charge in [0.15, 0.2) is 0 Å². The molecule has 1 aromatic heterocycles. The minimum atomic E-state index is -3.71. The van der Waals surface area contributed by atoms with E-state index in [1.54, 1.807) is 13.8 Å². The van der Waals surface area contributed by atoms with Crippen molar-refractivity contribution < 1.29 is 17.7 Å². The summed E-state index contributed by atoms with van der Waals surface area (Å²) in [5.41, 5.74) is 1.40. The Labute approximate surface area is 98.6 Å². The minimum Gasteiger partial charge on any atom is -0.338 e. The van der Waals surface area contributed by atoms with Gasteiger partial charge in [0.05, 0.1) is 5.69 Å². The molecule has 0 bridgehead atoms. The van der Waals surface area contributed by atoms with Crippen LogP contribution in [-0.4, -0.2) is 31.3 Å². The van der Waals surface area contributed by atoms with Crippen LogP contribution in [0.25, 0.3) is 0 Å². The molecule has 2 N–H and O–H groups in total. The molecule has 1 saturated heterocycles. The summed E-state index contributed by atoms with van der Waals surface area (Å²) in [6.07, 6.45) is -0.113. The first kappa shape index (κ1) is 12.1. The Balaban J connectivity index is 2.31. The van der Waals surface area contributed by atoms with Crippen LogP contribution in [0.1, 0.15) is 17.7 Å². The first-order valence-corrected chi connectivity index (χ1v) is 6.66. The van der Waals surface area contributed by atoms with Crippen LogP contribution in [0.5, 0.6) is 0 Å². The standard InChI is InChI=1S/C9H13N3O4S/c1-5-6(2)11-16-9(5)12-4-7(3-8(12)13)17(10,14)15/h7H,3-4H2,1-2H3,(H2,10,14,15). The summed E-state index contributed by atoms with van der Waals surface area (Å²) >= 11 is 0. The van der Waals surface area contributed by atoms with Crippen LogP contribution in [0.15, 0.2) is 4.52 Å². The Morgan fingerprint density at radius 3 is 2.53 bits per heavy atom. The molecule has 1 aliphatic heterocycles. The first-order chi connectivity index (χ1) is 7.80. The number of anilines is 1. The highest BCUT2D eigenvalue weighted by Crippen LogP contribution is 2.28. The van der Waals surface area contributed by atoms with Crippen LogP contribution in [0.2, 0.25) is 0 Å². The van der Waals surface area contributed by atoms with Gasteiger partial charge < -0.3 is 4.52 Å². The Hall–Kier alpha value is -1.41. The van der Waals surface area contributed by atoms with E-state index in [2.05, 4.69) is 5.16 Å². The first-order valence-electron chi connectivity index (χ1n) is 5.05. The van der Waals surface area contributed by atoms with E-state index in [-0.39, 0.29) is 18.9 Å². The monoisotopic (exact) mass is 259 g/mol. The molecule has 1 amide bonds. The third-order valence-corrected chi connectivity index (χ3v) is 4.18. The third kappa shape index (κ3) is 2.05. The molecule has 0 aromatic carbocycles. The zero-order valence-electron chi connectivity index (χ0n) is 9.50. The number of hydrogen-bond donors (Lipinski definition) is 1. The number of nitrogens with zero attached hydrogens (tertiary/aromatic N) is 2. The van der Waals surface area contributed by atoms with E-state index in [0.717, 1.165) is 5.56 Å². The Bertz CT molecular complexity index is 563. The van der Waals surface area contributed by atoms with E-state index in [1.807, 2.05) is 0 Å². The number of sulfonamides is 1. The maximum absolute atomic E-state index is 11.7. The number of aryl methyl sites for hydroxylation is 1. The highest BCUT2D eigenvalue weighted by molar-refractivity contribution is 7.89. The maximum atomic E-state index is 11.7. The summed E-state index contributed by atoms with van der Waals surface area (Å²) in [5.74, 6) is -0.0121. The SMILES string of the molecule is Cc1noc(N2CC(S(N)(=O)=O)CC2=O)c1C. The molecule has 1 aromatic rings. The van der Waals surface area contributed by atoms with E-state index in [4.69, 9.17) is 9.66 Å². The second-order valence-electron chi connectivity index (χ2n) is 4.12. The van der Waals surface area contributed by atoms with Gasteiger partial charge in [0.2, 0.25) is 21.8 Å². The van der Waals surface area contributed by atoms with Crippen molar-refractivity contribution in [2.75, 3.05) is 11.4 Å². The molecule has 1 aliphatic rings. The fourth-order valence-electron chi connectivity index (χ4n) is 1.75. The molecule has 7 nitrogen and oxygen atoms in total. The molecule has 2 heterocycles. The van der Waals surface area contributed by atoms with E-state index in [9.17, 15) is 13.2 Å². The molecular formula is C9H13N3O4S. The number of amides is 1. The van der Waals surface area contributed by atoms with Gasteiger partial charge in [0.1, 0.15) is 5.25 Å². The normalized spacial score (nSPS) is 21.2. The van der Waals surface area contributed by atoms with Gasteiger partial charge in [0, 0.05) is 18.5 Å². The van der Waals surface area contributed by atoms with Crippen molar-refractivity contribution in [3.8, 4) is 0 Å². The maximum Gasteiger partial charge on any atom is 0.237 e. The second-order valence-corrected chi connectivity index (χ2v) is 5.96. The molecule has 0 radical (unpaired) electrons. The van der Waals surface area contributed by atoms with Crippen LogP contribution >= 0.6 is 0 Å². The molecule has 1 unspecified atom stereocenters. The molecule has 1 fully saturated rings. The summed E-state index contributed by atoms with van der Waals surface area (Å²) in [6.45, 7) is 3.53. The lowest BCUT2D eigenvalue weighted by Gasteiger charge is -2.12. The van der Waals surface area contributed by atoms with Gasteiger partial charge in [-0.15, -0.1) is 0 Å². The van der Waals surface area contributed by atoms with Crippen LogP contribution in [0.4, 0.5) is 5.88 Å². The Morgan fingerprint density at radius 2 is 2.12 bits per heavy atom. The number of carbonyl (C=O) groups is 1. The fourth-order valence-corrected chi connectivity index (χ4v) is 2.48. The van der Waals surface area contributed by atoms with Crippen molar-refractivity contribution in [1.29, 1.82) is 0 Å². The lowest BCUT2D eigenvalue weighted by Crippen LogP contribution is -2.32. The average Bonchev–Trinajstić information content (AvgIpc) is 2.72. The zero-order chi connectivity index (χ0) is 12.8. The van der Waals surface area contributed by atoms with Crippen LogP contribution in [-0.2, 0) is 14.8 Å². The van der Waals surface area contributed by atoms with E-state index >= 15 is 0 Å². The molecular weight excluding hydrogens is 246 g/mol. The zero-order valence-corrected chi connectivity index (χ0v) is 10.3. The Morgan fingerprint density at radius 1 is 1.47 bits per heavy atom. The summed E-state index contributed by atoms with van der Waals surface area (Å²) in [6, 6.07) is 0. The summed E-state index contributed by atoms with van der Waals surface area (Å²) < 4.78 is 27.4. The minimum absolute atomic E-state index is 0.0210. The second kappa shape index (κ2) is 3.81. The fraction of sp³-hybridized carbons (Fsp3) is 0.556. The number of carbonyl (C=O) groups excluding carboxylic acids is 1. The molecule has 2 rings (SSSR count). The van der Waals surface area contributed by atoms with Gasteiger partial charge in [-0.3, -0.25) is 9.69 Å². The summed E-state index contributed by atoms with van der Waals surface area (Å²) in [4.78, 5) is 13.0. The highest BCUT2D eigenvalue weighted by atomic mass is 32.2. The summed E-state index contributed by atoms with van der Waals surface area (Å²) in [5, 5.41) is 7.89. The molecule has 0 saturated carbocycles. The van der Waals surface area contributed by atoms with Gasteiger partial charge in [-0.05, 0) is 13.8 Å². The topological polar surface area (TPSA) is 106 Å². The van der Waals surface area contributed by atoms with Gasteiger partial charge in [-0.2, -0.15) is 0 Å². The Kier molecular flexibility index (Phi) is 2.70. The van der Waals surface area contributed by atoms with Crippen LogP contribution in [0, 0.1) is 13.8 Å². The predicted octanol–water partition coefficient (Wildman–Crippen LogP) is -0.315. The van der Waals surface area contributed by atoms with Crippen molar-refractivity contribution in [3.05, 3.63) is 11.3 Å². The van der Waals surface area contributed by atoms with Gasteiger partial charge in [-0.25, -0.2) is 13.6 Å². The van der Waals surface area contributed by atoms with Crippen LogP contribution < -0.4 is 10.0 Å². The molecule has 94 valence electrons. The number of nitrogens with two attached hydrogens (primary N) is 1. The van der Waals surface area contributed by atoms with E-state index in [0.29, 0.717) is 11.6 Å². The largest absolute Gasteiger partial charge is 0.338 e. The van der Waals surface area contributed by atoms with E-state index < -0.39 is 15.3 Å². The number of hydrogen-bond acceptors (Lipinski definition) is 5. The highest BCUT2D eigenvalue weighted by Gasteiger charge is 2.39. The lowest BCUT2D eigenvalue weighted by atomic mass is 10.3. The lowest BCUT2D eigenvalue weighted by molar-refractivity contribution is -0.117. The van der Waals surface area contributed by atoms with Crippen molar-refractivity contribution in [2.24, 2.45) is 5.14 Å². The average molecular weight is 259 g/mol. The summed E-state index contributed by atoms with van der Waals surface area (Å²) in [7, 11) is -3.71. The van der Waals surface area contributed by atoms with Gasteiger partial charge >= 0.3 is 0 Å². The molecule has 8 heteroatoms. The molecule has 17 heavy (non-hydrogen) atoms. The van der Waals surface area contributed by atoms with E-state index in [1.165, 1.54) is 4.90 Å². The van der Waals surface area contributed by atoms with Crippen LogP contribution in [0.3, 0.4) is 0 Å². The third-order valence-electron chi connectivity index (χ3n) is 2.93. The van der Waals surface area contributed by atoms with Gasteiger partial charge in [-0.1, -0.05) is 5.16 Å². The number of rotatable bonds is 2. The van der Waals surface area contributed by atoms with Gasteiger partial charge in [0.25, 0.3) is 0 Å². The number of aromatic nitrogens is 1. The molecule has 1 atom stereocenters. The van der Waals surface area contributed by atoms with Crippen molar-refractivity contribution in [3.63, 3.8) is 0 Å². The van der Waals surface area contributed by atoms with Crippen molar-refractivity contribution in [2.45, 2.75) is 25.5 Å². The number of primary sulfonamides is 1. The quantitative estimate of drug-likeness (QED) is 0.783. The van der Waals surface area contributed by atoms with Crippen molar-refractivity contribution in [1.82, 2.24) is 5.16 Å². The smallest absolute Gasteiger partial charge is 0.237 e. The molecule has 0 spiro atoms. The predicted molar refractivity (Wildman–Crippen MR) is 59.8 cm³/mol. The van der Waals surface area contributed by atoms with Crippen molar-refractivity contribution >= 4 is 21.8 Å². The molecule has 0 aliphatic carbocycles.